The minimum atomic E-state index is -0.804. The van der Waals surface area contributed by atoms with Gasteiger partial charge in [0, 0.05) is 6.54 Å². The summed E-state index contributed by atoms with van der Waals surface area (Å²) < 4.78 is 16.7. The summed E-state index contributed by atoms with van der Waals surface area (Å²) in [6.07, 6.45) is 0. The highest BCUT2D eigenvalue weighted by Gasteiger charge is 2.46. The van der Waals surface area contributed by atoms with Gasteiger partial charge in [0.2, 0.25) is 0 Å². The van der Waals surface area contributed by atoms with Crippen molar-refractivity contribution in [2.24, 2.45) is 5.92 Å². The van der Waals surface area contributed by atoms with Crippen LogP contribution in [0.5, 0.6) is 17.2 Å². The lowest BCUT2D eigenvalue weighted by Gasteiger charge is -2.26. The van der Waals surface area contributed by atoms with Crippen molar-refractivity contribution in [3.63, 3.8) is 0 Å². The summed E-state index contributed by atoms with van der Waals surface area (Å²) >= 11 is 0. The smallest absolute Gasteiger partial charge is 0.295 e. The third kappa shape index (κ3) is 5.37. The maximum atomic E-state index is 13.5. The molecule has 1 N–H and O–H groups in total. The minimum Gasteiger partial charge on any atom is -0.506 e. The SMILES string of the molecule is COc1cccc(OC)c1/C(O)=C1\C(=O)C(=O)N(Cc2ccc(OCC(C)C)cc2)C1c1cccc(C)c1. The number of rotatable bonds is 9. The molecule has 1 aliphatic heterocycles. The number of benzene rings is 3. The normalized spacial score (nSPS) is 16.7. The molecule has 3 aromatic rings. The van der Waals surface area contributed by atoms with Gasteiger partial charge in [-0.05, 0) is 48.2 Å². The van der Waals surface area contributed by atoms with E-state index in [2.05, 4.69) is 13.8 Å². The number of hydrogen-bond acceptors (Lipinski definition) is 6. The molecular formula is C31H33NO6. The van der Waals surface area contributed by atoms with Crippen molar-refractivity contribution in [2.75, 3.05) is 20.8 Å². The first-order valence-corrected chi connectivity index (χ1v) is 12.5. The van der Waals surface area contributed by atoms with Gasteiger partial charge in [0.15, 0.2) is 0 Å². The van der Waals surface area contributed by atoms with Crippen LogP contribution >= 0.6 is 0 Å². The largest absolute Gasteiger partial charge is 0.506 e. The Labute approximate surface area is 223 Å². The topological polar surface area (TPSA) is 85.3 Å². The fraction of sp³-hybridized carbons (Fsp3) is 0.290. The second kappa shape index (κ2) is 11.4. The molecule has 1 atom stereocenters. The Morgan fingerprint density at radius 2 is 1.58 bits per heavy atom. The molecule has 0 bridgehead atoms. The quantitative estimate of drug-likeness (QED) is 0.225. The molecule has 1 fully saturated rings. The number of carbonyl (C=O) groups is 2. The van der Waals surface area contributed by atoms with Gasteiger partial charge < -0.3 is 24.2 Å². The Balaban J connectivity index is 1.81. The second-order valence-corrected chi connectivity index (χ2v) is 9.73. The molecule has 198 valence electrons. The molecule has 1 saturated heterocycles. The lowest BCUT2D eigenvalue weighted by atomic mass is 9.93. The molecule has 1 unspecified atom stereocenters. The molecule has 1 aliphatic rings. The number of methoxy groups -OCH3 is 2. The Morgan fingerprint density at radius 3 is 2.16 bits per heavy atom. The molecular weight excluding hydrogens is 482 g/mol. The highest BCUT2D eigenvalue weighted by molar-refractivity contribution is 6.46. The summed E-state index contributed by atoms with van der Waals surface area (Å²) in [5, 5.41) is 11.6. The Morgan fingerprint density at radius 1 is 0.947 bits per heavy atom. The Kier molecular flexibility index (Phi) is 8.05. The van der Waals surface area contributed by atoms with Crippen molar-refractivity contribution in [1.82, 2.24) is 4.90 Å². The lowest BCUT2D eigenvalue weighted by Crippen LogP contribution is -2.29. The summed E-state index contributed by atoms with van der Waals surface area (Å²) in [5.41, 5.74) is 2.72. The second-order valence-electron chi connectivity index (χ2n) is 9.73. The maximum absolute atomic E-state index is 13.5. The van der Waals surface area contributed by atoms with Crippen LogP contribution in [0.4, 0.5) is 0 Å². The first-order valence-electron chi connectivity index (χ1n) is 12.5. The van der Waals surface area contributed by atoms with Crippen molar-refractivity contribution >= 4 is 17.4 Å². The van der Waals surface area contributed by atoms with E-state index in [0.29, 0.717) is 24.0 Å². The number of aryl methyl sites for hydroxylation is 1. The molecule has 0 aliphatic carbocycles. The average molecular weight is 516 g/mol. The Bertz CT molecular complexity index is 1340. The third-order valence-electron chi connectivity index (χ3n) is 6.42. The van der Waals surface area contributed by atoms with Crippen LogP contribution < -0.4 is 14.2 Å². The van der Waals surface area contributed by atoms with E-state index in [9.17, 15) is 14.7 Å². The number of aliphatic hydroxyl groups excluding tert-OH is 1. The van der Waals surface area contributed by atoms with Crippen LogP contribution in [0.1, 0.15) is 42.1 Å². The van der Waals surface area contributed by atoms with Crippen LogP contribution in [0.25, 0.3) is 5.76 Å². The number of aliphatic hydroxyl groups is 1. The van der Waals surface area contributed by atoms with E-state index in [1.54, 1.807) is 18.2 Å². The van der Waals surface area contributed by atoms with E-state index in [-0.39, 0.29) is 23.4 Å². The number of hydrogen-bond donors (Lipinski definition) is 1. The minimum absolute atomic E-state index is 0.0136. The summed E-state index contributed by atoms with van der Waals surface area (Å²) in [4.78, 5) is 28.4. The van der Waals surface area contributed by atoms with Gasteiger partial charge in [-0.15, -0.1) is 0 Å². The van der Waals surface area contributed by atoms with Crippen LogP contribution in [-0.4, -0.2) is 42.5 Å². The van der Waals surface area contributed by atoms with Crippen LogP contribution in [0.2, 0.25) is 0 Å². The van der Waals surface area contributed by atoms with Crippen molar-refractivity contribution in [3.8, 4) is 17.2 Å². The predicted octanol–water partition coefficient (Wildman–Crippen LogP) is 5.67. The van der Waals surface area contributed by atoms with Gasteiger partial charge in [-0.25, -0.2) is 0 Å². The van der Waals surface area contributed by atoms with Crippen LogP contribution in [-0.2, 0) is 16.1 Å². The Hall–Kier alpha value is -4.26. The first kappa shape index (κ1) is 26.8. The van der Waals surface area contributed by atoms with Gasteiger partial charge in [-0.3, -0.25) is 9.59 Å². The third-order valence-corrected chi connectivity index (χ3v) is 6.42. The van der Waals surface area contributed by atoms with Gasteiger partial charge in [0.25, 0.3) is 11.7 Å². The zero-order chi connectivity index (χ0) is 27.4. The van der Waals surface area contributed by atoms with Crippen molar-refractivity contribution in [2.45, 2.75) is 33.4 Å². The zero-order valence-corrected chi connectivity index (χ0v) is 22.4. The van der Waals surface area contributed by atoms with E-state index < -0.39 is 17.7 Å². The molecule has 1 heterocycles. The summed E-state index contributed by atoms with van der Waals surface area (Å²) in [6, 6.07) is 19.3. The fourth-order valence-corrected chi connectivity index (χ4v) is 4.60. The standard InChI is InChI=1S/C31H33NO6/c1-19(2)18-38-23-14-12-21(13-15-23)17-32-28(22-9-6-8-20(3)16-22)27(30(34)31(32)35)29(33)26-24(36-4)10-7-11-25(26)37-5/h6-16,19,28,33H,17-18H2,1-5H3/b29-27+. The van der Waals surface area contributed by atoms with E-state index in [1.165, 1.54) is 19.1 Å². The molecule has 1 amide bonds. The van der Waals surface area contributed by atoms with Crippen LogP contribution in [0, 0.1) is 12.8 Å². The molecule has 0 saturated carbocycles. The van der Waals surface area contributed by atoms with Crippen molar-refractivity contribution < 1.29 is 28.9 Å². The molecule has 38 heavy (non-hydrogen) atoms. The maximum Gasteiger partial charge on any atom is 0.295 e. The number of nitrogens with zero attached hydrogens (tertiary/aromatic N) is 1. The van der Waals surface area contributed by atoms with Crippen LogP contribution in [0.15, 0.2) is 72.3 Å². The van der Waals surface area contributed by atoms with E-state index >= 15 is 0 Å². The van der Waals surface area contributed by atoms with Crippen molar-refractivity contribution in [1.29, 1.82) is 0 Å². The fourth-order valence-electron chi connectivity index (χ4n) is 4.60. The van der Waals surface area contributed by atoms with E-state index in [1.807, 2.05) is 55.5 Å². The molecule has 0 aromatic heterocycles. The number of carbonyl (C=O) groups excluding carboxylic acids is 2. The number of ether oxygens (including phenoxy) is 3. The van der Waals surface area contributed by atoms with Crippen LogP contribution in [0.3, 0.4) is 0 Å². The number of likely N-dealkylation sites (tertiary alicyclic amines) is 1. The lowest BCUT2D eigenvalue weighted by molar-refractivity contribution is -0.140. The van der Waals surface area contributed by atoms with Crippen molar-refractivity contribution in [3.05, 3.63) is 94.6 Å². The first-order chi connectivity index (χ1) is 18.2. The average Bonchev–Trinajstić information content (AvgIpc) is 3.16. The monoisotopic (exact) mass is 515 g/mol. The van der Waals surface area contributed by atoms with Gasteiger partial charge in [0.05, 0.1) is 32.4 Å². The van der Waals surface area contributed by atoms with Gasteiger partial charge in [0.1, 0.15) is 28.6 Å². The summed E-state index contributed by atoms with van der Waals surface area (Å²) in [7, 11) is 2.94. The van der Waals surface area contributed by atoms with Gasteiger partial charge in [-0.1, -0.05) is 61.9 Å². The molecule has 7 nitrogen and oxygen atoms in total. The van der Waals surface area contributed by atoms with E-state index in [4.69, 9.17) is 14.2 Å². The van der Waals surface area contributed by atoms with E-state index in [0.717, 1.165) is 22.4 Å². The predicted molar refractivity (Wildman–Crippen MR) is 145 cm³/mol. The molecule has 4 rings (SSSR count). The number of Topliss-reactive ketones (excluding diaryl/α,β-unsaturated/α-hetero) is 1. The van der Waals surface area contributed by atoms with Gasteiger partial charge >= 0.3 is 0 Å². The molecule has 0 spiro atoms. The summed E-state index contributed by atoms with van der Waals surface area (Å²) in [5.74, 6) is -0.00296. The molecule has 7 heteroatoms. The summed E-state index contributed by atoms with van der Waals surface area (Å²) in [6.45, 7) is 6.88. The van der Waals surface area contributed by atoms with Gasteiger partial charge in [-0.2, -0.15) is 0 Å². The molecule has 3 aromatic carbocycles. The highest BCUT2D eigenvalue weighted by atomic mass is 16.5. The highest BCUT2D eigenvalue weighted by Crippen LogP contribution is 2.44. The zero-order valence-electron chi connectivity index (χ0n) is 22.4. The molecule has 0 radical (unpaired) electrons. The number of ketones is 1. The number of amides is 1.